The Balaban J connectivity index is 1.76. The minimum atomic E-state index is -1.18. The largest absolute Gasteiger partial charge is 0.480 e. The Hall–Kier alpha value is -2.96. The van der Waals surface area contributed by atoms with Crippen LogP contribution in [0.15, 0.2) is 42.9 Å². The van der Waals surface area contributed by atoms with Crippen molar-refractivity contribution in [1.29, 1.82) is 0 Å². The van der Waals surface area contributed by atoms with E-state index in [1.54, 1.807) is 24.3 Å². The van der Waals surface area contributed by atoms with E-state index in [0.717, 1.165) is 19.3 Å². The van der Waals surface area contributed by atoms with E-state index in [1.807, 2.05) is 0 Å². The summed E-state index contributed by atoms with van der Waals surface area (Å²) in [5.41, 5.74) is -0.843. The molecule has 1 amide bonds. The minimum absolute atomic E-state index is 0.314. The van der Waals surface area contributed by atoms with Gasteiger partial charge in [-0.15, -0.1) is 0 Å². The summed E-state index contributed by atoms with van der Waals surface area (Å²) in [7, 11) is 0. The summed E-state index contributed by atoms with van der Waals surface area (Å²) >= 11 is 0. The zero-order chi connectivity index (χ0) is 17.7. The molecule has 7 nitrogen and oxygen atoms in total. The van der Waals surface area contributed by atoms with Crippen LogP contribution in [0.4, 0.5) is 0 Å². The third-order valence-electron chi connectivity index (χ3n) is 4.33. The van der Waals surface area contributed by atoms with Crippen LogP contribution in [0.5, 0.6) is 11.6 Å². The van der Waals surface area contributed by atoms with Crippen LogP contribution in [-0.4, -0.2) is 32.5 Å². The molecule has 1 saturated carbocycles. The number of carbonyl (C=O) groups is 2. The van der Waals surface area contributed by atoms with E-state index in [0.29, 0.717) is 30.0 Å². The van der Waals surface area contributed by atoms with Gasteiger partial charge in [0.1, 0.15) is 11.3 Å². The average molecular weight is 341 g/mol. The van der Waals surface area contributed by atoms with Gasteiger partial charge >= 0.3 is 5.97 Å². The lowest BCUT2D eigenvalue weighted by atomic mass is 9.81. The maximum atomic E-state index is 12.6. The first-order chi connectivity index (χ1) is 12.1. The maximum Gasteiger partial charge on any atom is 0.329 e. The highest BCUT2D eigenvalue weighted by Crippen LogP contribution is 2.29. The number of carbonyl (C=O) groups excluding carboxylic acids is 1. The predicted molar refractivity (Wildman–Crippen MR) is 89.5 cm³/mol. The van der Waals surface area contributed by atoms with Gasteiger partial charge in [0.2, 0.25) is 5.88 Å². The molecule has 130 valence electrons. The zero-order valence-electron chi connectivity index (χ0n) is 13.6. The van der Waals surface area contributed by atoms with Gasteiger partial charge in [0.25, 0.3) is 5.91 Å². The molecule has 0 bridgehead atoms. The van der Waals surface area contributed by atoms with Crippen molar-refractivity contribution in [3.63, 3.8) is 0 Å². The molecule has 2 aromatic rings. The van der Waals surface area contributed by atoms with E-state index in [-0.39, 0.29) is 0 Å². The summed E-state index contributed by atoms with van der Waals surface area (Å²) in [6, 6.07) is 6.55. The number of nitrogens with zero attached hydrogens (tertiary/aromatic N) is 2. The molecule has 0 spiro atoms. The molecule has 2 N–H and O–H groups in total. The number of ether oxygens (including phenoxy) is 1. The molecule has 3 rings (SSSR count). The van der Waals surface area contributed by atoms with Gasteiger partial charge in [-0.25, -0.2) is 9.78 Å². The van der Waals surface area contributed by atoms with Gasteiger partial charge in [0.05, 0.1) is 6.20 Å². The molecule has 0 saturated heterocycles. The van der Waals surface area contributed by atoms with Gasteiger partial charge in [0, 0.05) is 18.0 Å². The predicted octanol–water partition coefficient (Wildman–Crippen LogP) is 2.79. The molecule has 0 radical (unpaired) electrons. The Morgan fingerprint density at radius 2 is 1.96 bits per heavy atom. The topological polar surface area (TPSA) is 101 Å². The Kier molecular flexibility index (Phi) is 4.92. The number of hydrogen-bond donors (Lipinski definition) is 2. The number of rotatable bonds is 5. The number of carboxylic acids is 1. The van der Waals surface area contributed by atoms with E-state index in [2.05, 4.69) is 15.3 Å². The summed E-state index contributed by atoms with van der Waals surface area (Å²) in [5, 5.41) is 12.3. The average Bonchev–Trinajstić information content (AvgIpc) is 2.63. The van der Waals surface area contributed by atoms with E-state index in [1.165, 1.54) is 18.6 Å². The fourth-order valence-corrected chi connectivity index (χ4v) is 3.00. The fourth-order valence-electron chi connectivity index (χ4n) is 3.00. The van der Waals surface area contributed by atoms with Crippen molar-refractivity contribution in [1.82, 2.24) is 15.3 Å². The molecule has 0 unspecified atom stereocenters. The van der Waals surface area contributed by atoms with Crippen molar-refractivity contribution in [2.75, 3.05) is 0 Å². The second kappa shape index (κ2) is 7.29. The van der Waals surface area contributed by atoms with Gasteiger partial charge in [-0.2, -0.15) is 0 Å². The third kappa shape index (κ3) is 3.93. The van der Waals surface area contributed by atoms with Crippen LogP contribution < -0.4 is 10.1 Å². The first-order valence-corrected chi connectivity index (χ1v) is 8.19. The number of carboxylic acid groups (broad SMARTS) is 1. The summed E-state index contributed by atoms with van der Waals surface area (Å²) < 4.78 is 5.56. The molecule has 0 aliphatic heterocycles. The molecule has 7 heteroatoms. The Morgan fingerprint density at radius 3 is 2.64 bits per heavy atom. The van der Waals surface area contributed by atoms with E-state index >= 15 is 0 Å². The van der Waals surface area contributed by atoms with Gasteiger partial charge in [0.15, 0.2) is 0 Å². The second-order valence-corrected chi connectivity index (χ2v) is 6.08. The second-order valence-electron chi connectivity index (χ2n) is 6.08. The monoisotopic (exact) mass is 341 g/mol. The molecule has 1 aliphatic carbocycles. The quantitative estimate of drug-likeness (QED) is 0.867. The van der Waals surface area contributed by atoms with Crippen LogP contribution in [-0.2, 0) is 4.79 Å². The van der Waals surface area contributed by atoms with E-state index < -0.39 is 17.4 Å². The molecule has 1 heterocycles. The summed E-state index contributed by atoms with van der Waals surface area (Å²) in [6.45, 7) is 0. The minimum Gasteiger partial charge on any atom is -0.480 e. The molecular weight excluding hydrogens is 322 g/mol. The summed E-state index contributed by atoms with van der Waals surface area (Å²) in [5.74, 6) is -0.656. The number of aliphatic carboxylic acids is 1. The van der Waals surface area contributed by atoms with Crippen LogP contribution in [0.25, 0.3) is 0 Å². The highest BCUT2D eigenvalue weighted by molar-refractivity contribution is 5.98. The first-order valence-electron chi connectivity index (χ1n) is 8.19. The molecule has 1 aromatic heterocycles. The Labute approximate surface area is 145 Å². The first kappa shape index (κ1) is 16.9. The molecule has 1 aromatic carbocycles. The normalized spacial score (nSPS) is 16.0. The SMILES string of the molecule is O=C(NC1(C(=O)O)CCCCC1)c1cccc(Oc2cnccn2)c1. The van der Waals surface area contributed by atoms with Crippen molar-refractivity contribution in [3.8, 4) is 11.6 Å². The van der Waals surface area contributed by atoms with E-state index in [9.17, 15) is 14.7 Å². The van der Waals surface area contributed by atoms with Crippen LogP contribution >= 0.6 is 0 Å². The van der Waals surface area contributed by atoms with Crippen molar-refractivity contribution in [2.24, 2.45) is 0 Å². The number of amides is 1. The van der Waals surface area contributed by atoms with Crippen LogP contribution in [0.3, 0.4) is 0 Å². The zero-order valence-corrected chi connectivity index (χ0v) is 13.6. The third-order valence-corrected chi connectivity index (χ3v) is 4.33. The van der Waals surface area contributed by atoms with Crippen molar-refractivity contribution in [3.05, 3.63) is 48.4 Å². The summed E-state index contributed by atoms with van der Waals surface area (Å²) in [4.78, 5) is 32.2. The lowest BCUT2D eigenvalue weighted by molar-refractivity contribution is -0.145. The van der Waals surface area contributed by atoms with Gasteiger partial charge < -0.3 is 15.2 Å². The number of hydrogen-bond acceptors (Lipinski definition) is 5. The standard InChI is InChI=1S/C18H19N3O4/c22-16(21-18(17(23)24)7-2-1-3-8-18)13-5-4-6-14(11-13)25-15-12-19-9-10-20-15/h4-6,9-12H,1-3,7-8H2,(H,21,22)(H,23,24). The van der Waals surface area contributed by atoms with Crippen LogP contribution in [0, 0.1) is 0 Å². The maximum absolute atomic E-state index is 12.6. The summed E-state index contributed by atoms with van der Waals surface area (Å²) in [6.07, 6.45) is 7.98. The molecule has 1 aliphatic rings. The molecule has 1 fully saturated rings. The molecular formula is C18H19N3O4. The van der Waals surface area contributed by atoms with Gasteiger partial charge in [-0.3, -0.25) is 9.78 Å². The Morgan fingerprint density at radius 1 is 1.16 bits per heavy atom. The fraction of sp³-hybridized carbons (Fsp3) is 0.333. The lowest BCUT2D eigenvalue weighted by Crippen LogP contribution is -2.55. The number of aromatic nitrogens is 2. The molecule has 25 heavy (non-hydrogen) atoms. The highest BCUT2D eigenvalue weighted by atomic mass is 16.5. The van der Waals surface area contributed by atoms with Crippen molar-refractivity contribution >= 4 is 11.9 Å². The van der Waals surface area contributed by atoms with Crippen LogP contribution in [0.2, 0.25) is 0 Å². The van der Waals surface area contributed by atoms with Gasteiger partial charge in [-0.05, 0) is 31.0 Å². The van der Waals surface area contributed by atoms with Gasteiger partial charge in [-0.1, -0.05) is 25.3 Å². The van der Waals surface area contributed by atoms with Crippen molar-refractivity contribution < 1.29 is 19.4 Å². The lowest BCUT2D eigenvalue weighted by Gasteiger charge is -2.34. The molecule has 0 atom stereocenters. The van der Waals surface area contributed by atoms with Crippen molar-refractivity contribution in [2.45, 2.75) is 37.6 Å². The van der Waals surface area contributed by atoms with Crippen LogP contribution in [0.1, 0.15) is 42.5 Å². The highest BCUT2D eigenvalue weighted by Gasteiger charge is 2.41. The number of nitrogens with one attached hydrogen (secondary N) is 1. The van der Waals surface area contributed by atoms with E-state index in [4.69, 9.17) is 4.74 Å². The Bertz CT molecular complexity index is 758. The number of benzene rings is 1. The smallest absolute Gasteiger partial charge is 0.329 e.